The molecule has 0 N–H and O–H groups in total. The smallest absolute Gasteiger partial charge is 0.328 e. The number of unbranched alkanes of at least 4 members (excludes halogenated alkanes) is 7. The number of esters is 1. The van der Waals surface area contributed by atoms with Crippen LogP contribution in [-0.2, 0) is 9.53 Å². The molecule has 3 heteroatoms. The highest BCUT2D eigenvalue weighted by Crippen LogP contribution is 2.32. The van der Waals surface area contributed by atoms with Crippen LogP contribution in [-0.4, -0.2) is 13.1 Å². The van der Waals surface area contributed by atoms with Crippen LogP contribution in [0.5, 0.6) is 0 Å². The first-order valence-corrected chi connectivity index (χ1v) is 9.86. The number of halogens is 1. The van der Waals surface area contributed by atoms with Crippen LogP contribution in [0.3, 0.4) is 0 Å². The molecule has 1 aromatic carbocycles. The molecule has 0 radical (unpaired) electrons. The number of benzene rings is 1. The molecule has 0 heterocycles. The second kappa shape index (κ2) is 12.4. The molecular weight excluding hydrogens is 320 g/mol. The lowest BCUT2D eigenvalue weighted by molar-refractivity contribution is -0.140. The standard InChI is InChI=1S/C21H33ClO2/c1-4-5-6-7-8-9-10-11-14-17(2)18-15-12-13-16-19(18)20(22)21(23)24-3/h12-13,15-17,20H,4-11,14H2,1-3H3. The predicted octanol–water partition coefficient (Wildman–Crippen LogP) is 6.77. The molecule has 0 amide bonds. The van der Waals surface area contributed by atoms with Gasteiger partial charge in [0.25, 0.3) is 0 Å². The largest absolute Gasteiger partial charge is 0.468 e. The van der Waals surface area contributed by atoms with Crippen LogP contribution in [0.4, 0.5) is 0 Å². The molecule has 2 unspecified atom stereocenters. The number of alkyl halides is 1. The Morgan fingerprint density at radius 2 is 1.54 bits per heavy atom. The molecule has 0 fully saturated rings. The predicted molar refractivity (Wildman–Crippen MR) is 103 cm³/mol. The third kappa shape index (κ3) is 7.25. The molecule has 0 aliphatic carbocycles. The lowest BCUT2D eigenvalue weighted by atomic mass is 9.89. The van der Waals surface area contributed by atoms with Crippen LogP contribution in [0.1, 0.15) is 94.1 Å². The van der Waals surface area contributed by atoms with Crippen LogP contribution in [0.25, 0.3) is 0 Å². The lowest BCUT2D eigenvalue weighted by Crippen LogP contribution is -2.11. The van der Waals surface area contributed by atoms with Crippen molar-refractivity contribution in [2.75, 3.05) is 7.11 Å². The van der Waals surface area contributed by atoms with Crippen molar-refractivity contribution in [1.29, 1.82) is 0 Å². The first-order chi connectivity index (χ1) is 11.6. The molecule has 0 saturated heterocycles. The van der Waals surface area contributed by atoms with E-state index in [-0.39, 0.29) is 5.97 Å². The van der Waals surface area contributed by atoms with Crippen molar-refractivity contribution in [3.63, 3.8) is 0 Å². The lowest BCUT2D eigenvalue weighted by Gasteiger charge is -2.18. The highest BCUT2D eigenvalue weighted by molar-refractivity contribution is 6.30. The van der Waals surface area contributed by atoms with E-state index in [1.165, 1.54) is 64.0 Å². The minimum absolute atomic E-state index is 0.386. The fraction of sp³-hybridized carbons (Fsp3) is 0.667. The summed E-state index contributed by atoms with van der Waals surface area (Å²) in [6.07, 6.45) is 11.8. The summed E-state index contributed by atoms with van der Waals surface area (Å²) in [7, 11) is 1.38. The Morgan fingerprint density at radius 3 is 2.12 bits per heavy atom. The molecule has 1 rings (SSSR count). The number of hydrogen-bond acceptors (Lipinski definition) is 2. The summed E-state index contributed by atoms with van der Waals surface area (Å²) in [5, 5.41) is -0.716. The van der Waals surface area contributed by atoms with Crippen molar-refractivity contribution in [3.05, 3.63) is 35.4 Å². The maximum atomic E-state index is 11.7. The van der Waals surface area contributed by atoms with Gasteiger partial charge in [0.2, 0.25) is 0 Å². The fourth-order valence-electron chi connectivity index (χ4n) is 3.16. The molecule has 0 aliphatic rings. The minimum atomic E-state index is -0.716. The summed E-state index contributed by atoms with van der Waals surface area (Å²) in [6.45, 7) is 4.48. The Morgan fingerprint density at radius 1 is 1.00 bits per heavy atom. The highest BCUT2D eigenvalue weighted by Gasteiger charge is 2.22. The zero-order valence-electron chi connectivity index (χ0n) is 15.5. The van der Waals surface area contributed by atoms with Crippen LogP contribution in [0.2, 0.25) is 0 Å². The second-order valence-corrected chi connectivity index (χ2v) is 7.12. The number of rotatable bonds is 12. The van der Waals surface area contributed by atoms with Crippen molar-refractivity contribution in [2.24, 2.45) is 0 Å². The second-order valence-electron chi connectivity index (χ2n) is 6.68. The van der Waals surface area contributed by atoms with E-state index in [4.69, 9.17) is 16.3 Å². The third-order valence-corrected chi connectivity index (χ3v) is 5.11. The average Bonchev–Trinajstić information content (AvgIpc) is 2.62. The number of ether oxygens (including phenoxy) is 1. The van der Waals surface area contributed by atoms with E-state index < -0.39 is 5.38 Å². The van der Waals surface area contributed by atoms with E-state index in [9.17, 15) is 4.79 Å². The van der Waals surface area contributed by atoms with Crippen LogP contribution < -0.4 is 0 Å². The van der Waals surface area contributed by atoms with Crippen LogP contribution >= 0.6 is 11.6 Å². The van der Waals surface area contributed by atoms with Gasteiger partial charge in [0.1, 0.15) is 0 Å². The Hall–Kier alpha value is -1.02. The van der Waals surface area contributed by atoms with Gasteiger partial charge < -0.3 is 4.74 Å². The summed E-state index contributed by atoms with van der Waals surface area (Å²) in [4.78, 5) is 11.7. The maximum absolute atomic E-state index is 11.7. The number of carbonyl (C=O) groups excluding carboxylic acids is 1. The average molecular weight is 353 g/mol. The molecule has 0 spiro atoms. The van der Waals surface area contributed by atoms with Gasteiger partial charge in [-0.25, -0.2) is 0 Å². The van der Waals surface area contributed by atoms with Gasteiger partial charge in [-0.15, -0.1) is 11.6 Å². The van der Waals surface area contributed by atoms with E-state index in [2.05, 4.69) is 19.9 Å². The topological polar surface area (TPSA) is 26.3 Å². The highest BCUT2D eigenvalue weighted by atomic mass is 35.5. The van der Waals surface area contributed by atoms with Crippen molar-refractivity contribution in [1.82, 2.24) is 0 Å². The van der Waals surface area contributed by atoms with Gasteiger partial charge in [-0.3, -0.25) is 4.79 Å². The normalized spacial score (nSPS) is 13.5. The zero-order valence-corrected chi connectivity index (χ0v) is 16.3. The van der Waals surface area contributed by atoms with Crippen molar-refractivity contribution >= 4 is 17.6 Å². The summed E-state index contributed by atoms with van der Waals surface area (Å²) >= 11 is 6.28. The molecule has 0 saturated carbocycles. The quantitative estimate of drug-likeness (QED) is 0.235. The molecule has 136 valence electrons. The van der Waals surface area contributed by atoms with E-state index >= 15 is 0 Å². The monoisotopic (exact) mass is 352 g/mol. The van der Waals surface area contributed by atoms with E-state index in [0.717, 1.165) is 12.0 Å². The minimum Gasteiger partial charge on any atom is -0.468 e. The van der Waals surface area contributed by atoms with Gasteiger partial charge in [0.05, 0.1) is 7.11 Å². The molecule has 0 bridgehead atoms. The van der Waals surface area contributed by atoms with E-state index in [1.54, 1.807) is 0 Å². The molecule has 2 nitrogen and oxygen atoms in total. The SMILES string of the molecule is CCCCCCCCCCC(C)c1ccccc1C(Cl)C(=O)OC. The third-order valence-electron chi connectivity index (χ3n) is 4.70. The van der Waals surface area contributed by atoms with Crippen molar-refractivity contribution in [3.8, 4) is 0 Å². The van der Waals surface area contributed by atoms with Gasteiger partial charge >= 0.3 is 5.97 Å². The van der Waals surface area contributed by atoms with Gasteiger partial charge in [-0.2, -0.15) is 0 Å². The van der Waals surface area contributed by atoms with Gasteiger partial charge in [0.15, 0.2) is 5.38 Å². The Bertz CT molecular complexity index is 473. The Labute approximate surface area is 152 Å². The van der Waals surface area contributed by atoms with Crippen molar-refractivity contribution < 1.29 is 9.53 Å². The zero-order chi connectivity index (χ0) is 17.8. The van der Waals surface area contributed by atoms with Crippen molar-refractivity contribution in [2.45, 2.75) is 82.9 Å². The molecule has 24 heavy (non-hydrogen) atoms. The molecular formula is C21H33ClO2. The fourth-order valence-corrected chi connectivity index (χ4v) is 3.45. The summed E-state index contributed by atoms with van der Waals surface area (Å²) in [6, 6.07) is 7.97. The molecule has 0 aromatic heterocycles. The molecule has 0 aliphatic heterocycles. The molecule has 2 atom stereocenters. The van der Waals surface area contributed by atoms with E-state index in [1.807, 2.05) is 18.2 Å². The van der Waals surface area contributed by atoms with Gasteiger partial charge in [-0.1, -0.05) is 89.5 Å². The summed E-state index contributed by atoms with van der Waals surface area (Å²) in [5.74, 6) is 0.0237. The summed E-state index contributed by atoms with van der Waals surface area (Å²) in [5.41, 5.74) is 2.06. The van der Waals surface area contributed by atoms with Crippen LogP contribution in [0.15, 0.2) is 24.3 Å². The van der Waals surface area contributed by atoms with Gasteiger partial charge in [0, 0.05) is 0 Å². The molecule has 1 aromatic rings. The Balaban J connectivity index is 2.42. The number of methoxy groups -OCH3 is 1. The first kappa shape index (κ1) is 21.0. The first-order valence-electron chi connectivity index (χ1n) is 9.42. The van der Waals surface area contributed by atoms with E-state index in [0.29, 0.717) is 5.92 Å². The number of carbonyl (C=O) groups is 1. The Kier molecular flexibility index (Phi) is 10.8. The van der Waals surface area contributed by atoms with Crippen LogP contribution in [0, 0.1) is 0 Å². The number of hydrogen-bond donors (Lipinski definition) is 0. The summed E-state index contributed by atoms with van der Waals surface area (Å²) < 4.78 is 4.78. The van der Waals surface area contributed by atoms with Gasteiger partial charge in [-0.05, 0) is 23.5 Å². The maximum Gasteiger partial charge on any atom is 0.328 e.